The standard InChI is InChI=1S/C24H33N3O5S/c1-19(24(29)25-2)26(18-16-20-9-6-5-7-10-20)23(28)11-8-17-27(33(4,30)31)21-12-14-22(32-3)15-13-21/h5-7,9-10,12-15,19H,8,11,16-18H2,1-4H3,(H,25,29)/t19-/m1/s1. The SMILES string of the molecule is CNC(=O)[C@@H](C)N(CCc1ccccc1)C(=O)CCCN(c1ccc(OC)cc1)S(C)(=O)=O. The number of ether oxygens (including phenoxy) is 1. The van der Waals surface area contributed by atoms with Gasteiger partial charge in [-0.15, -0.1) is 0 Å². The van der Waals surface area contributed by atoms with Crippen molar-refractivity contribution < 1.29 is 22.7 Å². The van der Waals surface area contributed by atoms with Gasteiger partial charge in [-0.2, -0.15) is 0 Å². The van der Waals surface area contributed by atoms with E-state index in [0.717, 1.165) is 11.8 Å². The zero-order valence-electron chi connectivity index (χ0n) is 19.7. The molecule has 0 radical (unpaired) electrons. The first-order valence-corrected chi connectivity index (χ1v) is 12.7. The Morgan fingerprint density at radius 2 is 1.67 bits per heavy atom. The molecule has 0 saturated carbocycles. The average Bonchev–Trinajstić information content (AvgIpc) is 2.81. The lowest BCUT2D eigenvalue weighted by Gasteiger charge is -2.29. The van der Waals surface area contributed by atoms with E-state index >= 15 is 0 Å². The van der Waals surface area contributed by atoms with Gasteiger partial charge in [-0.25, -0.2) is 8.42 Å². The number of hydrogen-bond donors (Lipinski definition) is 1. The molecule has 1 atom stereocenters. The number of amides is 2. The first-order chi connectivity index (χ1) is 15.7. The lowest BCUT2D eigenvalue weighted by Crippen LogP contribution is -2.48. The van der Waals surface area contributed by atoms with Crippen LogP contribution in [0.25, 0.3) is 0 Å². The van der Waals surface area contributed by atoms with Crippen LogP contribution in [0.15, 0.2) is 54.6 Å². The van der Waals surface area contributed by atoms with E-state index < -0.39 is 16.1 Å². The van der Waals surface area contributed by atoms with Crippen molar-refractivity contribution in [3.63, 3.8) is 0 Å². The first-order valence-electron chi connectivity index (χ1n) is 10.8. The smallest absolute Gasteiger partial charge is 0.242 e. The number of methoxy groups -OCH3 is 1. The molecule has 0 aliphatic heterocycles. The Labute approximate surface area is 196 Å². The van der Waals surface area contributed by atoms with Crippen molar-refractivity contribution in [1.82, 2.24) is 10.2 Å². The van der Waals surface area contributed by atoms with E-state index in [1.807, 2.05) is 30.3 Å². The molecule has 0 aromatic heterocycles. The topological polar surface area (TPSA) is 96.0 Å². The highest BCUT2D eigenvalue weighted by Crippen LogP contribution is 2.22. The number of carbonyl (C=O) groups is 2. The van der Waals surface area contributed by atoms with Crippen LogP contribution < -0.4 is 14.4 Å². The predicted octanol–water partition coefficient (Wildman–Crippen LogP) is 2.45. The third-order valence-corrected chi connectivity index (χ3v) is 6.60. The molecule has 33 heavy (non-hydrogen) atoms. The summed E-state index contributed by atoms with van der Waals surface area (Å²) in [5.41, 5.74) is 1.58. The molecule has 0 bridgehead atoms. The normalized spacial score (nSPS) is 12.0. The third-order valence-electron chi connectivity index (χ3n) is 5.41. The molecule has 2 aromatic carbocycles. The highest BCUT2D eigenvalue weighted by molar-refractivity contribution is 7.92. The van der Waals surface area contributed by atoms with Gasteiger partial charge in [-0.3, -0.25) is 13.9 Å². The molecular formula is C24H33N3O5S. The van der Waals surface area contributed by atoms with Gasteiger partial charge in [0.15, 0.2) is 0 Å². The maximum absolute atomic E-state index is 13.0. The first kappa shape index (κ1) is 26.2. The molecule has 2 amide bonds. The van der Waals surface area contributed by atoms with Crippen molar-refractivity contribution in [3.05, 3.63) is 60.2 Å². The molecule has 0 saturated heterocycles. The summed E-state index contributed by atoms with van der Waals surface area (Å²) in [5, 5.41) is 2.59. The minimum atomic E-state index is -3.53. The van der Waals surface area contributed by atoms with Crippen LogP contribution >= 0.6 is 0 Å². The Morgan fingerprint density at radius 3 is 2.21 bits per heavy atom. The molecule has 8 nitrogen and oxygen atoms in total. The van der Waals surface area contributed by atoms with E-state index in [-0.39, 0.29) is 24.8 Å². The predicted molar refractivity (Wildman–Crippen MR) is 130 cm³/mol. The van der Waals surface area contributed by atoms with Crippen molar-refractivity contribution >= 4 is 27.5 Å². The molecule has 9 heteroatoms. The van der Waals surface area contributed by atoms with Crippen molar-refractivity contribution in [2.75, 3.05) is 37.8 Å². The minimum absolute atomic E-state index is 0.123. The van der Waals surface area contributed by atoms with Gasteiger partial charge in [0.05, 0.1) is 19.1 Å². The number of likely N-dealkylation sites (N-methyl/N-ethyl adjacent to an activating group) is 1. The minimum Gasteiger partial charge on any atom is -0.497 e. The van der Waals surface area contributed by atoms with Crippen LogP contribution in [0.2, 0.25) is 0 Å². The third kappa shape index (κ3) is 7.78. The Morgan fingerprint density at radius 1 is 1.03 bits per heavy atom. The van der Waals surface area contributed by atoms with Gasteiger partial charge in [0.25, 0.3) is 0 Å². The second-order valence-electron chi connectivity index (χ2n) is 7.75. The fraction of sp³-hybridized carbons (Fsp3) is 0.417. The molecule has 0 heterocycles. The molecule has 0 aliphatic rings. The fourth-order valence-corrected chi connectivity index (χ4v) is 4.50. The van der Waals surface area contributed by atoms with Crippen molar-refractivity contribution in [2.45, 2.75) is 32.2 Å². The van der Waals surface area contributed by atoms with E-state index in [1.54, 1.807) is 36.1 Å². The number of nitrogens with one attached hydrogen (secondary N) is 1. The quantitative estimate of drug-likeness (QED) is 0.509. The Bertz CT molecular complexity index is 1010. The van der Waals surface area contributed by atoms with Crippen LogP contribution in [0.4, 0.5) is 5.69 Å². The molecule has 180 valence electrons. The summed E-state index contributed by atoms with van der Waals surface area (Å²) in [5.74, 6) is 0.192. The monoisotopic (exact) mass is 475 g/mol. The Kier molecular flexibility index (Phi) is 9.72. The zero-order chi connectivity index (χ0) is 24.4. The van der Waals surface area contributed by atoms with Gasteiger partial charge in [0.2, 0.25) is 21.8 Å². The lowest BCUT2D eigenvalue weighted by molar-refractivity contribution is -0.139. The van der Waals surface area contributed by atoms with Crippen molar-refractivity contribution in [1.29, 1.82) is 0 Å². The van der Waals surface area contributed by atoms with Gasteiger partial charge in [0.1, 0.15) is 11.8 Å². The van der Waals surface area contributed by atoms with E-state index in [9.17, 15) is 18.0 Å². The van der Waals surface area contributed by atoms with Crippen LogP contribution in [0.1, 0.15) is 25.3 Å². The number of sulfonamides is 1. The number of nitrogens with zero attached hydrogens (tertiary/aromatic N) is 2. The van der Waals surface area contributed by atoms with Crippen LogP contribution in [0.5, 0.6) is 5.75 Å². The van der Waals surface area contributed by atoms with Crippen LogP contribution in [-0.2, 0) is 26.0 Å². The molecule has 2 rings (SSSR count). The lowest BCUT2D eigenvalue weighted by atomic mass is 10.1. The Hall–Kier alpha value is -3.07. The number of rotatable bonds is 12. The van der Waals surface area contributed by atoms with Crippen LogP contribution in [0.3, 0.4) is 0 Å². The molecule has 2 aromatic rings. The molecule has 0 aliphatic carbocycles. The van der Waals surface area contributed by atoms with Gasteiger partial charge in [-0.05, 0) is 49.6 Å². The summed E-state index contributed by atoms with van der Waals surface area (Å²) in [4.78, 5) is 26.8. The van der Waals surface area contributed by atoms with Gasteiger partial charge < -0.3 is 15.0 Å². The van der Waals surface area contributed by atoms with Gasteiger partial charge >= 0.3 is 0 Å². The summed E-state index contributed by atoms with van der Waals surface area (Å²) in [6.07, 6.45) is 2.20. The Balaban J connectivity index is 2.07. The number of carbonyl (C=O) groups excluding carboxylic acids is 2. The average molecular weight is 476 g/mol. The summed E-state index contributed by atoms with van der Waals surface area (Å²) in [6, 6.07) is 15.8. The second-order valence-corrected chi connectivity index (χ2v) is 9.66. The largest absolute Gasteiger partial charge is 0.497 e. The zero-order valence-corrected chi connectivity index (χ0v) is 20.5. The van der Waals surface area contributed by atoms with Crippen molar-refractivity contribution in [2.24, 2.45) is 0 Å². The van der Waals surface area contributed by atoms with Gasteiger partial charge in [-0.1, -0.05) is 30.3 Å². The number of hydrogen-bond acceptors (Lipinski definition) is 5. The number of anilines is 1. The summed E-state index contributed by atoms with van der Waals surface area (Å²) >= 11 is 0. The molecular weight excluding hydrogens is 442 g/mol. The second kappa shape index (κ2) is 12.2. The van der Waals surface area contributed by atoms with Crippen LogP contribution in [0, 0.1) is 0 Å². The molecule has 0 fully saturated rings. The van der Waals surface area contributed by atoms with Crippen LogP contribution in [-0.4, -0.2) is 64.7 Å². The maximum Gasteiger partial charge on any atom is 0.242 e. The van der Waals surface area contributed by atoms with E-state index in [4.69, 9.17) is 4.74 Å². The number of benzene rings is 2. The highest BCUT2D eigenvalue weighted by Gasteiger charge is 2.25. The summed E-state index contributed by atoms with van der Waals surface area (Å²) in [7, 11) is -0.453. The maximum atomic E-state index is 13.0. The van der Waals surface area contributed by atoms with E-state index in [0.29, 0.717) is 30.8 Å². The fourth-order valence-electron chi connectivity index (χ4n) is 3.53. The molecule has 0 spiro atoms. The van der Waals surface area contributed by atoms with Gasteiger partial charge in [0, 0.05) is 26.6 Å². The van der Waals surface area contributed by atoms with E-state index in [1.165, 1.54) is 18.5 Å². The van der Waals surface area contributed by atoms with E-state index in [2.05, 4.69) is 5.32 Å². The molecule has 1 N–H and O–H groups in total. The molecule has 0 unspecified atom stereocenters. The highest BCUT2D eigenvalue weighted by atomic mass is 32.2. The van der Waals surface area contributed by atoms with Crippen molar-refractivity contribution in [3.8, 4) is 5.75 Å². The summed E-state index contributed by atoms with van der Waals surface area (Å²) < 4.78 is 31.1. The summed E-state index contributed by atoms with van der Waals surface area (Å²) in [6.45, 7) is 2.24.